The third-order valence-corrected chi connectivity index (χ3v) is 11.3. The number of carbonyl (C=O) groups excluding carboxylic acids is 2. The smallest absolute Gasteiger partial charge is 0.328 e. The number of benzene rings is 2. The van der Waals surface area contributed by atoms with Crippen LogP contribution in [-0.2, 0) is 108 Å². The van der Waals surface area contributed by atoms with Gasteiger partial charge in [0.2, 0.25) is 0 Å². The lowest BCUT2D eigenvalue weighted by Gasteiger charge is -2.10. The van der Waals surface area contributed by atoms with E-state index in [9.17, 15) is 19.2 Å². The molecule has 0 bridgehead atoms. The van der Waals surface area contributed by atoms with Gasteiger partial charge in [-0.25, -0.2) is 9.59 Å². The molecule has 0 saturated heterocycles. The number of H-pyrrole nitrogens is 2. The molecule has 2 aromatic carbocycles. The number of hydrogen-bond donors (Lipinski definition) is 6. The van der Waals surface area contributed by atoms with E-state index in [2.05, 4.69) is 40.5 Å². The quantitative estimate of drug-likeness (QED) is 0.0209. The van der Waals surface area contributed by atoms with Crippen molar-refractivity contribution < 1.29 is 114 Å². The molecule has 0 spiro atoms. The number of aromatic amines is 2. The van der Waals surface area contributed by atoms with Gasteiger partial charge >= 0.3 is 23.4 Å². The highest BCUT2D eigenvalue weighted by atomic mass is 16.9. The zero-order valence-corrected chi connectivity index (χ0v) is 50.2. The molecule has 91 heavy (non-hydrogen) atoms. The van der Waals surface area contributed by atoms with Crippen molar-refractivity contribution >= 4 is 45.8 Å². The number of nitrogens with one attached hydrogen (secondary N) is 4. The van der Waals surface area contributed by atoms with Crippen LogP contribution in [0.3, 0.4) is 0 Å². The second kappa shape index (κ2) is 44.1. The number of imidazole rings is 2. The van der Waals surface area contributed by atoms with Crippen LogP contribution in [0.2, 0.25) is 0 Å². The van der Waals surface area contributed by atoms with E-state index >= 15 is 0 Å². The minimum atomic E-state index is -0.424. The third-order valence-electron chi connectivity index (χ3n) is 11.3. The summed E-state index contributed by atoms with van der Waals surface area (Å²) >= 11 is 0. The second-order valence-corrected chi connectivity index (χ2v) is 17.9. The second-order valence-electron chi connectivity index (χ2n) is 17.9. The lowest BCUT2D eigenvalue weighted by Crippen LogP contribution is -2.27. The fraction of sp³-hybridized carbons (Fsp3) is 0.547. The van der Waals surface area contributed by atoms with Crippen molar-refractivity contribution in [1.82, 2.24) is 49.7 Å². The van der Waals surface area contributed by atoms with E-state index in [1.54, 1.807) is 48.5 Å². The lowest BCUT2D eigenvalue weighted by atomic mass is 10.1. The average Bonchev–Trinajstić information content (AvgIpc) is 1.67. The molecule has 6 rings (SSSR count). The maximum Gasteiger partial charge on any atom is 0.328 e. The van der Waals surface area contributed by atoms with Crippen LogP contribution in [0.5, 0.6) is 12.0 Å². The van der Waals surface area contributed by atoms with Crippen molar-refractivity contribution in [2.45, 2.75) is 13.1 Å². The summed E-state index contributed by atoms with van der Waals surface area (Å²) < 4.78 is 117. The van der Waals surface area contributed by atoms with Gasteiger partial charge < -0.3 is 136 Å². The SMILES string of the molecule is COCCOc1nc(N)c2[nH]c(=O)n(Cc3ccc(C(=O)NCCOCOCOCOCOCOCOCOCOCOCOCOCOCOCOCOCOCOCCNC(=O)c4ccc(Cn5c(=O)[nH]c6c(N)nc(OCCOC)nc65)cc4)cc3)c2n1. The molecule has 4 heterocycles. The predicted molar refractivity (Wildman–Crippen MR) is 308 cm³/mol. The minimum absolute atomic E-state index is 0.0197. The highest BCUT2D eigenvalue weighted by molar-refractivity contribution is 5.94. The van der Waals surface area contributed by atoms with Gasteiger partial charge in [-0.05, 0) is 35.4 Å². The predicted octanol–water partition coefficient (Wildman–Crippen LogP) is -0.400. The Hall–Kier alpha value is -7.52. The van der Waals surface area contributed by atoms with Crippen molar-refractivity contribution in [3.05, 3.63) is 91.8 Å². The Kier molecular flexibility index (Phi) is 35.1. The standard InChI is InChI=1S/C53H76N12O26/c1-70-15-17-90-50-60-44(54)42-46(62-50)64(52(68)58-42)19-38-3-7-40(8-4-38)48(66)56-11-13-72-21-74-23-76-25-78-27-80-29-82-31-84-33-86-35-88-37-89-36-87-34-85-32-83-30-81-28-79-26-77-24-75-22-73-14-12-57-49(67)41-9-5-39(6-10-41)20-65-47-43(59-53(65)69)45(55)61-51(63-47)91-18-16-71-2/h3-10H,11-37H2,1-2H3,(H,56,66)(H,57,67)(H,58,68)(H,59,69)(H2,54,60,62)(H2,55,61,63). The summed E-state index contributed by atoms with van der Waals surface area (Å²) in [7, 11) is 3.07. The van der Waals surface area contributed by atoms with E-state index in [4.69, 9.17) is 116 Å². The summed E-state index contributed by atoms with van der Waals surface area (Å²) in [6, 6.07) is 13.5. The number of aromatic nitrogens is 8. The van der Waals surface area contributed by atoms with Crippen LogP contribution < -0.4 is 43.0 Å². The maximum absolute atomic E-state index is 12.7. The maximum atomic E-state index is 12.7. The number of nitrogen functional groups attached to an aromatic ring is 2. The molecular weight excluding hydrogens is 1220 g/mol. The number of rotatable bonds is 54. The molecule has 0 radical (unpaired) electrons. The van der Waals surface area contributed by atoms with Crippen LogP contribution in [0, 0.1) is 0 Å². The van der Waals surface area contributed by atoms with E-state index < -0.39 is 11.4 Å². The molecule has 2 amide bonds. The van der Waals surface area contributed by atoms with Crippen LogP contribution in [0.1, 0.15) is 31.8 Å². The Morgan fingerprint density at radius 2 is 0.670 bits per heavy atom. The monoisotopic (exact) mass is 1300 g/mol. The van der Waals surface area contributed by atoms with Gasteiger partial charge in [0.15, 0.2) is 125 Å². The first-order valence-electron chi connectivity index (χ1n) is 27.5. The molecule has 0 saturated carbocycles. The molecule has 0 aliphatic heterocycles. The lowest BCUT2D eigenvalue weighted by molar-refractivity contribution is -0.240. The number of methoxy groups -OCH3 is 2. The number of nitrogens with zero attached hydrogens (tertiary/aromatic N) is 6. The van der Waals surface area contributed by atoms with Crippen LogP contribution in [0.4, 0.5) is 11.6 Å². The van der Waals surface area contributed by atoms with Crippen LogP contribution in [0.25, 0.3) is 22.3 Å². The van der Waals surface area contributed by atoms with Crippen molar-refractivity contribution in [3.63, 3.8) is 0 Å². The van der Waals surface area contributed by atoms with Crippen LogP contribution in [0.15, 0.2) is 58.1 Å². The zero-order valence-electron chi connectivity index (χ0n) is 50.2. The van der Waals surface area contributed by atoms with Gasteiger partial charge in [0.05, 0.1) is 39.5 Å². The van der Waals surface area contributed by atoms with Crippen molar-refractivity contribution in [3.8, 4) is 12.0 Å². The van der Waals surface area contributed by atoms with E-state index in [0.717, 1.165) is 11.1 Å². The molecular formula is C53H76N12O26. The summed E-state index contributed by atoms with van der Waals surface area (Å²) in [6.07, 6.45) is 0. The molecule has 504 valence electrons. The van der Waals surface area contributed by atoms with Crippen LogP contribution >= 0.6 is 0 Å². The number of anilines is 2. The molecule has 0 unspecified atom stereocenters. The molecule has 6 aromatic rings. The topological polar surface area (TPSA) is 440 Å². The number of fused-ring (bicyclic) bond motifs is 2. The van der Waals surface area contributed by atoms with E-state index in [0.29, 0.717) is 35.4 Å². The van der Waals surface area contributed by atoms with Crippen LogP contribution in [-0.4, -0.2) is 233 Å². The largest absolute Gasteiger partial charge is 0.461 e. The Morgan fingerprint density at radius 3 is 0.945 bits per heavy atom. The average molecular weight is 1300 g/mol. The molecule has 38 nitrogen and oxygen atoms in total. The molecule has 8 N–H and O–H groups in total. The Balaban J connectivity index is 0.604. The normalized spacial score (nSPS) is 11.5. The number of ether oxygens (including phenoxy) is 22. The fourth-order valence-electron chi connectivity index (χ4n) is 7.15. The minimum Gasteiger partial charge on any atom is -0.461 e. The summed E-state index contributed by atoms with van der Waals surface area (Å²) in [5.41, 5.74) is 14.7. The van der Waals surface area contributed by atoms with Gasteiger partial charge in [0.25, 0.3) is 11.8 Å². The Labute approximate surface area is 518 Å². The first kappa shape index (κ1) is 72.5. The Morgan fingerprint density at radius 1 is 0.396 bits per heavy atom. The number of nitrogens with two attached hydrogens (primary N) is 2. The fourth-order valence-corrected chi connectivity index (χ4v) is 7.15. The van der Waals surface area contributed by atoms with E-state index in [1.807, 2.05) is 0 Å². The molecule has 38 heteroatoms. The number of amides is 2. The summed E-state index contributed by atoms with van der Waals surface area (Å²) in [4.78, 5) is 72.8. The molecule has 0 aliphatic carbocycles. The van der Waals surface area contributed by atoms with Crippen molar-refractivity contribution in [2.75, 3.05) is 194 Å². The first-order valence-corrected chi connectivity index (χ1v) is 27.5. The highest BCUT2D eigenvalue weighted by Crippen LogP contribution is 2.21. The van der Waals surface area contributed by atoms with Gasteiger partial charge in [0.1, 0.15) is 37.8 Å². The first-order chi connectivity index (χ1) is 44.6. The van der Waals surface area contributed by atoms with Gasteiger partial charge in [-0.3, -0.25) is 18.7 Å². The molecule has 0 atom stereocenters. The van der Waals surface area contributed by atoms with Gasteiger partial charge in [-0.2, -0.15) is 19.9 Å². The van der Waals surface area contributed by atoms with E-state index in [-0.39, 0.29) is 215 Å². The molecule has 0 aliphatic rings. The summed E-state index contributed by atoms with van der Waals surface area (Å²) in [5.74, 6) is -0.467. The zero-order chi connectivity index (χ0) is 64.4. The molecule has 4 aromatic heterocycles. The highest BCUT2D eigenvalue weighted by Gasteiger charge is 2.18. The number of hydrogen-bond acceptors (Lipinski definition) is 32. The van der Waals surface area contributed by atoms with Gasteiger partial charge in [-0.15, -0.1) is 0 Å². The Bertz CT molecular complexity index is 2900. The summed E-state index contributed by atoms with van der Waals surface area (Å²) in [6.45, 7) is 0.417. The number of carbonyl (C=O) groups is 2. The van der Waals surface area contributed by atoms with Crippen molar-refractivity contribution in [1.29, 1.82) is 0 Å². The third kappa shape index (κ3) is 27.9. The van der Waals surface area contributed by atoms with Crippen molar-refractivity contribution in [2.24, 2.45) is 0 Å². The summed E-state index contributed by atoms with van der Waals surface area (Å²) in [5, 5.41) is 5.52. The van der Waals surface area contributed by atoms with E-state index in [1.165, 1.54) is 23.4 Å². The van der Waals surface area contributed by atoms with Gasteiger partial charge in [0, 0.05) is 38.4 Å². The van der Waals surface area contributed by atoms with Gasteiger partial charge in [-0.1, -0.05) is 24.3 Å². The molecule has 0 fully saturated rings.